The minimum atomic E-state index is 0.161. The van der Waals surface area contributed by atoms with Gasteiger partial charge in [-0.2, -0.15) is 15.0 Å². The fraction of sp³-hybridized carbons (Fsp3) is 0.211. The standard InChI is InChI=1S/C19H22N6/c1-11-5-12(2)8-15(7-11)21-18-23-17(20)24-19(25-18)22-16-9-13(3)6-14(4)10-16/h5-10H,1-4H3,(H4,20,21,22,23,24,25). The van der Waals surface area contributed by atoms with Gasteiger partial charge in [0.2, 0.25) is 17.8 Å². The Hall–Kier alpha value is -3.15. The molecular weight excluding hydrogens is 312 g/mol. The molecule has 0 aliphatic carbocycles. The Morgan fingerprint density at radius 3 is 1.32 bits per heavy atom. The van der Waals surface area contributed by atoms with Crippen LogP contribution in [-0.2, 0) is 0 Å². The molecule has 3 rings (SSSR count). The molecule has 6 heteroatoms. The highest BCUT2D eigenvalue weighted by molar-refractivity contribution is 5.60. The van der Waals surface area contributed by atoms with Crippen molar-refractivity contribution in [2.45, 2.75) is 27.7 Å². The first-order valence-corrected chi connectivity index (χ1v) is 8.09. The smallest absolute Gasteiger partial charge is 0.233 e. The van der Waals surface area contributed by atoms with Crippen molar-refractivity contribution in [3.05, 3.63) is 58.7 Å². The van der Waals surface area contributed by atoms with Crippen LogP contribution in [0.25, 0.3) is 0 Å². The lowest BCUT2D eigenvalue weighted by atomic mass is 10.1. The summed E-state index contributed by atoms with van der Waals surface area (Å²) in [6.07, 6.45) is 0. The summed E-state index contributed by atoms with van der Waals surface area (Å²) in [5.41, 5.74) is 12.3. The number of aryl methyl sites for hydroxylation is 4. The predicted octanol–water partition coefficient (Wildman–Crippen LogP) is 4.17. The van der Waals surface area contributed by atoms with E-state index >= 15 is 0 Å². The zero-order chi connectivity index (χ0) is 18.0. The Kier molecular flexibility index (Phi) is 4.52. The summed E-state index contributed by atoms with van der Waals surface area (Å²) in [5, 5.41) is 6.39. The Morgan fingerprint density at radius 1 is 0.600 bits per heavy atom. The number of nitrogens with two attached hydrogens (primary N) is 1. The van der Waals surface area contributed by atoms with Crippen molar-refractivity contribution in [1.29, 1.82) is 0 Å². The molecule has 1 aromatic heterocycles. The Labute approximate surface area is 147 Å². The second-order valence-corrected chi connectivity index (χ2v) is 6.34. The summed E-state index contributed by atoms with van der Waals surface area (Å²) in [6.45, 7) is 8.19. The molecule has 4 N–H and O–H groups in total. The van der Waals surface area contributed by atoms with Gasteiger partial charge in [-0.15, -0.1) is 0 Å². The van der Waals surface area contributed by atoms with Gasteiger partial charge in [0, 0.05) is 11.4 Å². The maximum Gasteiger partial charge on any atom is 0.233 e. The second kappa shape index (κ2) is 6.76. The van der Waals surface area contributed by atoms with Crippen LogP contribution in [0.5, 0.6) is 0 Å². The summed E-state index contributed by atoms with van der Waals surface area (Å²) < 4.78 is 0. The van der Waals surface area contributed by atoms with Crippen molar-refractivity contribution < 1.29 is 0 Å². The SMILES string of the molecule is Cc1cc(C)cc(Nc2nc(N)nc(Nc3cc(C)cc(C)c3)n2)c1. The van der Waals surface area contributed by atoms with Crippen molar-refractivity contribution in [3.8, 4) is 0 Å². The number of nitrogen functional groups attached to an aromatic ring is 1. The third-order valence-electron chi connectivity index (χ3n) is 3.61. The van der Waals surface area contributed by atoms with E-state index in [0.717, 1.165) is 33.6 Å². The normalized spacial score (nSPS) is 10.6. The van der Waals surface area contributed by atoms with Gasteiger partial charge < -0.3 is 16.4 Å². The molecule has 2 aromatic carbocycles. The molecule has 0 bridgehead atoms. The lowest BCUT2D eigenvalue weighted by Crippen LogP contribution is -2.07. The van der Waals surface area contributed by atoms with Gasteiger partial charge in [0.05, 0.1) is 0 Å². The minimum Gasteiger partial charge on any atom is -0.368 e. The summed E-state index contributed by atoms with van der Waals surface area (Å²) >= 11 is 0. The Balaban J connectivity index is 1.87. The van der Waals surface area contributed by atoms with Crippen LogP contribution in [0.4, 0.5) is 29.2 Å². The molecule has 0 aliphatic heterocycles. The average Bonchev–Trinajstić information content (AvgIpc) is 2.43. The molecule has 0 saturated heterocycles. The van der Waals surface area contributed by atoms with Crippen LogP contribution >= 0.6 is 0 Å². The molecule has 0 unspecified atom stereocenters. The van der Waals surface area contributed by atoms with Gasteiger partial charge in [0.15, 0.2) is 0 Å². The van der Waals surface area contributed by atoms with Gasteiger partial charge in [-0.1, -0.05) is 12.1 Å². The van der Waals surface area contributed by atoms with Gasteiger partial charge >= 0.3 is 0 Å². The molecule has 0 spiro atoms. The molecule has 0 fully saturated rings. The Bertz CT molecular complexity index is 808. The summed E-state index contributed by atoms with van der Waals surface area (Å²) in [7, 11) is 0. The number of nitrogens with zero attached hydrogens (tertiary/aromatic N) is 3. The number of aromatic nitrogens is 3. The monoisotopic (exact) mass is 334 g/mol. The van der Waals surface area contributed by atoms with E-state index < -0.39 is 0 Å². The number of rotatable bonds is 4. The highest BCUT2D eigenvalue weighted by atomic mass is 15.2. The van der Waals surface area contributed by atoms with E-state index in [-0.39, 0.29) is 5.95 Å². The van der Waals surface area contributed by atoms with Crippen LogP contribution in [0.3, 0.4) is 0 Å². The zero-order valence-corrected chi connectivity index (χ0v) is 14.9. The molecule has 128 valence electrons. The predicted molar refractivity (Wildman–Crippen MR) is 103 cm³/mol. The van der Waals surface area contributed by atoms with Gasteiger partial charge in [-0.3, -0.25) is 0 Å². The molecule has 3 aromatic rings. The molecule has 0 saturated carbocycles. The molecular formula is C19H22N6. The molecule has 0 atom stereocenters. The van der Waals surface area contributed by atoms with Gasteiger partial charge in [0.25, 0.3) is 0 Å². The highest BCUT2D eigenvalue weighted by Crippen LogP contribution is 2.21. The number of hydrogen-bond donors (Lipinski definition) is 3. The van der Waals surface area contributed by atoms with Gasteiger partial charge in [-0.25, -0.2) is 0 Å². The van der Waals surface area contributed by atoms with Crippen molar-refractivity contribution in [2.75, 3.05) is 16.4 Å². The van der Waals surface area contributed by atoms with Gasteiger partial charge in [-0.05, 0) is 74.2 Å². The van der Waals surface area contributed by atoms with E-state index in [1.165, 1.54) is 0 Å². The van der Waals surface area contributed by atoms with Crippen LogP contribution in [0, 0.1) is 27.7 Å². The van der Waals surface area contributed by atoms with E-state index in [1.807, 2.05) is 52.0 Å². The fourth-order valence-corrected chi connectivity index (χ4v) is 2.86. The van der Waals surface area contributed by atoms with Crippen molar-refractivity contribution in [2.24, 2.45) is 0 Å². The first-order chi connectivity index (χ1) is 11.9. The number of hydrogen-bond acceptors (Lipinski definition) is 6. The van der Waals surface area contributed by atoms with Crippen molar-refractivity contribution >= 4 is 29.2 Å². The third kappa shape index (κ3) is 4.44. The molecule has 6 nitrogen and oxygen atoms in total. The fourth-order valence-electron chi connectivity index (χ4n) is 2.86. The van der Waals surface area contributed by atoms with Crippen LogP contribution in [0.2, 0.25) is 0 Å². The van der Waals surface area contributed by atoms with E-state index in [0.29, 0.717) is 11.9 Å². The van der Waals surface area contributed by atoms with Crippen LogP contribution in [0.15, 0.2) is 36.4 Å². The molecule has 1 heterocycles. The highest BCUT2D eigenvalue weighted by Gasteiger charge is 2.07. The third-order valence-corrected chi connectivity index (χ3v) is 3.61. The largest absolute Gasteiger partial charge is 0.368 e. The topological polar surface area (TPSA) is 88.8 Å². The molecule has 0 amide bonds. The lowest BCUT2D eigenvalue weighted by molar-refractivity contribution is 1.07. The molecule has 0 aliphatic rings. The van der Waals surface area contributed by atoms with Crippen LogP contribution < -0.4 is 16.4 Å². The number of anilines is 5. The van der Waals surface area contributed by atoms with Crippen LogP contribution in [0.1, 0.15) is 22.3 Å². The average molecular weight is 334 g/mol. The summed E-state index contributed by atoms with van der Waals surface area (Å²) in [4.78, 5) is 12.8. The van der Waals surface area contributed by atoms with Crippen molar-refractivity contribution in [3.63, 3.8) is 0 Å². The van der Waals surface area contributed by atoms with Gasteiger partial charge in [0.1, 0.15) is 0 Å². The van der Waals surface area contributed by atoms with E-state index in [2.05, 4.69) is 37.7 Å². The lowest BCUT2D eigenvalue weighted by Gasteiger charge is -2.11. The maximum absolute atomic E-state index is 5.84. The maximum atomic E-state index is 5.84. The van der Waals surface area contributed by atoms with Crippen LogP contribution in [-0.4, -0.2) is 15.0 Å². The summed E-state index contributed by atoms with van der Waals surface area (Å²) in [6, 6.07) is 12.3. The molecule has 25 heavy (non-hydrogen) atoms. The second-order valence-electron chi connectivity index (χ2n) is 6.34. The van der Waals surface area contributed by atoms with E-state index in [9.17, 15) is 0 Å². The first kappa shape index (κ1) is 16.7. The molecule has 0 radical (unpaired) electrons. The summed E-state index contributed by atoms with van der Waals surface area (Å²) in [5.74, 6) is 0.975. The van der Waals surface area contributed by atoms with E-state index in [1.54, 1.807) is 0 Å². The zero-order valence-electron chi connectivity index (χ0n) is 14.9. The number of nitrogens with one attached hydrogen (secondary N) is 2. The quantitative estimate of drug-likeness (QED) is 0.663. The Morgan fingerprint density at radius 2 is 0.960 bits per heavy atom. The van der Waals surface area contributed by atoms with E-state index in [4.69, 9.17) is 5.73 Å². The first-order valence-electron chi connectivity index (χ1n) is 8.09. The minimum absolute atomic E-state index is 0.161. The number of benzene rings is 2. The van der Waals surface area contributed by atoms with Crippen molar-refractivity contribution in [1.82, 2.24) is 15.0 Å².